The van der Waals surface area contributed by atoms with Crippen molar-refractivity contribution in [3.63, 3.8) is 0 Å². The Morgan fingerprint density at radius 3 is 2.62 bits per heavy atom. The van der Waals surface area contributed by atoms with E-state index >= 15 is 0 Å². The lowest BCUT2D eigenvalue weighted by molar-refractivity contribution is -0.144. The minimum atomic E-state index is -0.494. The molecule has 0 bridgehead atoms. The summed E-state index contributed by atoms with van der Waals surface area (Å²) in [6.07, 6.45) is 0.847. The number of amides is 1. The minimum Gasteiger partial charge on any atom is -0.465 e. The molecular weight excluding hydrogens is 210 g/mol. The van der Waals surface area contributed by atoms with E-state index < -0.39 is 6.09 Å². The largest absolute Gasteiger partial charge is 0.465 e. The van der Waals surface area contributed by atoms with Crippen LogP contribution in [-0.2, 0) is 14.3 Å². The normalized spacial score (nSPS) is 22.4. The molecule has 0 aromatic rings. The lowest BCUT2D eigenvalue weighted by Gasteiger charge is -2.05. The van der Waals surface area contributed by atoms with Gasteiger partial charge in [-0.15, -0.1) is 0 Å². The van der Waals surface area contributed by atoms with Crippen LogP contribution in [0.4, 0.5) is 4.79 Å². The van der Waals surface area contributed by atoms with E-state index in [1.54, 1.807) is 6.92 Å². The maximum Gasteiger partial charge on any atom is 0.407 e. The second-order valence-corrected chi connectivity index (χ2v) is 4.05. The van der Waals surface area contributed by atoms with E-state index in [9.17, 15) is 9.59 Å². The molecule has 0 aliphatic heterocycles. The molecule has 92 valence electrons. The zero-order chi connectivity index (χ0) is 12.0. The first kappa shape index (κ1) is 12.8. The Morgan fingerprint density at radius 1 is 1.38 bits per heavy atom. The zero-order valence-corrected chi connectivity index (χ0v) is 9.82. The Hall–Kier alpha value is -1.26. The van der Waals surface area contributed by atoms with Crippen LogP contribution in [0.5, 0.6) is 0 Å². The first-order chi connectivity index (χ1) is 7.63. The average Bonchev–Trinajstić information content (AvgIpc) is 2.92. The molecule has 1 saturated carbocycles. The molecule has 0 saturated heterocycles. The number of nitrogens with one attached hydrogen (secondary N) is 1. The molecule has 5 nitrogen and oxygen atoms in total. The summed E-state index contributed by atoms with van der Waals surface area (Å²) in [5, 5.41) is 2.46. The Bertz CT molecular complexity index is 254. The molecule has 0 aromatic carbocycles. The summed E-state index contributed by atoms with van der Waals surface area (Å²) in [6, 6.07) is 0. The van der Waals surface area contributed by atoms with Gasteiger partial charge in [0, 0.05) is 6.54 Å². The maximum absolute atomic E-state index is 11.2. The molecule has 1 N–H and O–H groups in total. The number of carbonyl (C=O) groups excluding carboxylic acids is 2. The Labute approximate surface area is 95.5 Å². The van der Waals surface area contributed by atoms with E-state index in [2.05, 4.69) is 17.0 Å². The van der Waals surface area contributed by atoms with E-state index in [0.717, 1.165) is 6.42 Å². The summed E-state index contributed by atoms with van der Waals surface area (Å²) < 4.78 is 9.69. The highest BCUT2D eigenvalue weighted by Gasteiger charge is 2.33. The van der Waals surface area contributed by atoms with E-state index in [1.165, 1.54) is 0 Å². The van der Waals surface area contributed by atoms with Gasteiger partial charge in [0.25, 0.3) is 0 Å². The highest BCUT2D eigenvalue weighted by molar-refractivity contribution is 5.71. The van der Waals surface area contributed by atoms with Crippen molar-refractivity contribution in [3.8, 4) is 0 Å². The smallest absolute Gasteiger partial charge is 0.407 e. The van der Waals surface area contributed by atoms with E-state index in [-0.39, 0.29) is 18.9 Å². The van der Waals surface area contributed by atoms with E-state index in [1.807, 2.05) is 0 Å². The monoisotopic (exact) mass is 229 g/mol. The fraction of sp³-hybridized carbons (Fsp3) is 0.818. The third-order valence-corrected chi connectivity index (χ3v) is 2.61. The summed E-state index contributed by atoms with van der Waals surface area (Å²) in [5.41, 5.74) is 0. The molecule has 0 spiro atoms. The molecule has 5 heteroatoms. The molecule has 1 amide bonds. The van der Waals surface area contributed by atoms with Gasteiger partial charge in [-0.25, -0.2) is 4.79 Å². The molecule has 1 aliphatic rings. The van der Waals surface area contributed by atoms with Gasteiger partial charge in [0.1, 0.15) is 0 Å². The predicted octanol–water partition coefficient (Wildman–Crippen LogP) is 1.32. The molecule has 0 aromatic heterocycles. The maximum atomic E-state index is 11.2. The molecule has 1 aliphatic carbocycles. The van der Waals surface area contributed by atoms with Crippen LogP contribution in [0.25, 0.3) is 0 Å². The quantitative estimate of drug-likeness (QED) is 0.698. The van der Waals surface area contributed by atoms with Crippen LogP contribution in [-0.4, -0.2) is 31.8 Å². The van der Waals surface area contributed by atoms with E-state index in [0.29, 0.717) is 25.0 Å². The van der Waals surface area contributed by atoms with Crippen molar-refractivity contribution in [3.05, 3.63) is 0 Å². The number of esters is 1. The molecule has 0 radical (unpaired) electrons. The van der Waals surface area contributed by atoms with Gasteiger partial charge in [-0.1, -0.05) is 6.92 Å². The second kappa shape index (κ2) is 6.35. The number of alkyl carbamates (subject to hydrolysis) is 1. The molecule has 0 heterocycles. The van der Waals surface area contributed by atoms with Gasteiger partial charge in [0.2, 0.25) is 0 Å². The Morgan fingerprint density at radius 2 is 2.06 bits per heavy atom. The average molecular weight is 229 g/mol. The van der Waals surface area contributed by atoms with Crippen LogP contribution < -0.4 is 5.32 Å². The van der Waals surface area contributed by atoms with Gasteiger partial charge in [-0.3, -0.25) is 4.79 Å². The van der Waals surface area contributed by atoms with Gasteiger partial charge in [-0.05, 0) is 25.2 Å². The molecule has 16 heavy (non-hydrogen) atoms. The molecule has 0 unspecified atom stereocenters. The molecule has 1 fully saturated rings. The zero-order valence-electron chi connectivity index (χ0n) is 9.82. The van der Waals surface area contributed by atoms with Crippen LogP contribution in [0.3, 0.4) is 0 Å². The number of hydrogen-bond acceptors (Lipinski definition) is 4. The van der Waals surface area contributed by atoms with Crippen molar-refractivity contribution in [2.75, 3.05) is 19.8 Å². The van der Waals surface area contributed by atoms with Crippen LogP contribution in [0, 0.1) is 11.8 Å². The number of ether oxygens (including phenoxy) is 2. The van der Waals surface area contributed by atoms with Crippen LogP contribution in [0.1, 0.15) is 26.7 Å². The summed E-state index contributed by atoms with van der Waals surface area (Å²) in [7, 11) is 0. The first-order valence-electron chi connectivity index (χ1n) is 5.69. The van der Waals surface area contributed by atoms with Crippen molar-refractivity contribution in [2.45, 2.75) is 26.7 Å². The minimum absolute atomic E-state index is 0.194. The van der Waals surface area contributed by atoms with Crippen molar-refractivity contribution in [1.82, 2.24) is 5.32 Å². The van der Waals surface area contributed by atoms with Crippen molar-refractivity contribution >= 4 is 12.1 Å². The van der Waals surface area contributed by atoms with Gasteiger partial charge < -0.3 is 14.8 Å². The molecule has 2 atom stereocenters. The Kier molecular flexibility index (Phi) is 5.08. The topological polar surface area (TPSA) is 64.6 Å². The third-order valence-electron chi connectivity index (χ3n) is 2.61. The number of rotatable bonds is 6. The van der Waals surface area contributed by atoms with Gasteiger partial charge in [0.15, 0.2) is 0 Å². The van der Waals surface area contributed by atoms with Crippen molar-refractivity contribution < 1.29 is 19.1 Å². The number of carbonyl (C=O) groups is 2. The fourth-order valence-corrected chi connectivity index (χ4v) is 1.35. The van der Waals surface area contributed by atoms with Gasteiger partial charge in [0.05, 0.1) is 19.6 Å². The molecular formula is C11H19NO4. The van der Waals surface area contributed by atoms with Gasteiger partial charge in [-0.2, -0.15) is 0 Å². The van der Waals surface area contributed by atoms with Crippen molar-refractivity contribution in [1.29, 1.82) is 0 Å². The lowest BCUT2D eigenvalue weighted by atomic mass is 10.3. The summed E-state index contributed by atoms with van der Waals surface area (Å²) in [5.74, 6) is 0.961. The lowest BCUT2D eigenvalue weighted by Crippen LogP contribution is -2.27. The van der Waals surface area contributed by atoms with Crippen LogP contribution >= 0.6 is 0 Å². The predicted molar refractivity (Wildman–Crippen MR) is 57.9 cm³/mol. The highest BCUT2D eigenvalue weighted by Crippen LogP contribution is 2.37. The standard InChI is InChI=1S/C11H19NO4/c1-3-15-11(14)12-5-4-10(13)16-7-9-6-8(9)2/h8-9H,3-7H2,1-2H3,(H,12,14)/t8-,9+/m0/s1. The third kappa shape index (κ3) is 5.00. The SMILES string of the molecule is CCOC(=O)NCCC(=O)OC[C@H]1C[C@@H]1C. The van der Waals surface area contributed by atoms with E-state index in [4.69, 9.17) is 4.74 Å². The summed E-state index contributed by atoms with van der Waals surface area (Å²) >= 11 is 0. The number of hydrogen-bond donors (Lipinski definition) is 1. The van der Waals surface area contributed by atoms with Crippen LogP contribution in [0.2, 0.25) is 0 Å². The Balaban J connectivity index is 1.95. The van der Waals surface area contributed by atoms with Crippen LogP contribution in [0.15, 0.2) is 0 Å². The van der Waals surface area contributed by atoms with Gasteiger partial charge >= 0.3 is 12.1 Å². The summed E-state index contributed by atoms with van der Waals surface area (Å²) in [6.45, 7) is 4.97. The summed E-state index contributed by atoms with van der Waals surface area (Å²) in [4.78, 5) is 22.1. The highest BCUT2D eigenvalue weighted by atomic mass is 16.5. The second-order valence-electron chi connectivity index (χ2n) is 4.05. The van der Waals surface area contributed by atoms with Crippen molar-refractivity contribution in [2.24, 2.45) is 11.8 Å². The first-order valence-corrected chi connectivity index (χ1v) is 5.69. The molecule has 1 rings (SSSR count). The fourth-order valence-electron chi connectivity index (χ4n) is 1.35.